The smallest absolute Gasteiger partial charge is 0.0611 e. The van der Waals surface area contributed by atoms with Gasteiger partial charge in [0.05, 0.1) is 6.61 Å². The molecule has 0 bridgehead atoms. The fraction of sp³-hybridized carbons (Fsp3) is 1.00. The summed E-state index contributed by atoms with van der Waals surface area (Å²) in [6.45, 7) is 14.9. The van der Waals surface area contributed by atoms with Gasteiger partial charge in [-0.05, 0) is 47.5 Å². The van der Waals surface area contributed by atoms with Gasteiger partial charge in [0.1, 0.15) is 0 Å². The van der Waals surface area contributed by atoms with E-state index in [9.17, 15) is 5.11 Å². The van der Waals surface area contributed by atoms with Crippen molar-refractivity contribution in [1.29, 1.82) is 0 Å². The van der Waals surface area contributed by atoms with Crippen molar-refractivity contribution in [2.75, 3.05) is 32.8 Å². The molecular weight excluding hydrogens is 264 g/mol. The Balaban J connectivity index is 2.60. The summed E-state index contributed by atoms with van der Waals surface area (Å²) >= 11 is 0. The van der Waals surface area contributed by atoms with Crippen LogP contribution in [0.1, 0.15) is 47.5 Å². The standard InChI is InChI=1S/C16H36N4O/c1-13-10-15(3,4)19-8-6-18-14(2)11-16(5,12-21)20-9-7-17-13/h13-14,17-21H,6-12H2,1-5H3. The van der Waals surface area contributed by atoms with Crippen LogP contribution < -0.4 is 21.3 Å². The quantitative estimate of drug-likeness (QED) is 0.486. The molecule has 5 N–H and O–H groups in total. The van der Waals surface area contributed by atoms with Gasteiger partial charge in [0.15, 0.2) is 0 Å². The average molecular weight is 300 g/mol. The molecule has 1 fully saturated rings. The second-order valence-electron chi connectivity index (χ2n) is 7.57. The molecule has 1 aliphatic rings. The van der Waals surface area contributed by atoms with Gasteiger partial charge in [-0.2, -0.15) is 0 Å². The van der Waals surface area contributed by atoms with Gasteiger partial charge in [0, 0.05) is 49.3 Å². The number of hydrogen-bond donors (Lipinski definition) is 5. The van der Waals surface area contributed by atoms with Gasteiger partial charge in [-0.25, -0.2) is 0 Å². The Morgan fingerprint density at radius 3 is 1.95 bits per heavy atom. The van der Waals surface area contributed by atoms with Crippen LogP contribution in [0.2, 0.25) is 0 Å². The molecule has 0 amide bonds. The molecule has 1 rings (SSSR count). The highest BCUT2D eigenvalue weighted by Gasteiger charge is 2.26. The van der Waals surface area contributed by atoms with Crippen LogP contribution >= 0.6 is 0 Å². The summed E-state index contributed by atoms with van der Waals surface area (Å²) in [6, 6.07) is 0.860. The third-order valence-corrected chi connectivity index (χ3v) is 4.31. The second-order valence-corrected chi connectivity index (χ2v) is 7.57. The lowest BCUT2D eigenvalue weighted by molar-refractivity contribution is 0.154. The molecule has 1 aliphatic heterocycles. The molecule has 21 heavy (non-hydrogen) atoms. The number of aliphatic hydroxyl groups excluding tert-OH is 1. The minimum atomic E-state index is -0.214. The Morgan fingerprint density at radius 2 is 1.38 bits per heavy atom. The third kappa shape index (κ3) is 7.56. The van der Waals surface area contributed by atoms with E-state index >= 15 is 0 Å². The highest BCUT2D eigenvalue weighted by molar-refractivity contribution is 4.88. The van der Waals surface area contributed by atoms with Crippen molar-refractivity contribution in [3.63, 3.8) is 0 Å². The van der Waals surface area contributed by atoms with Crippen LogP contribution in [-0.2, 0) is 0 Å². The molecular formula is C16H36N4O. The summed E-state index contributed by atoms with van der Waals surface area (Å²) in [6.07, 6.45) is 2.02. The van der Waals surface area contributed by atoms with Crippen molar-refractivity contribution in [3.8, 4) is 0 Å². The first-order valence-electron chi connectivity index (χ1n) is 8.34. The first-order valence-corrected chi connectivity index (χ1v) is 8.34. The van der Waals surface area contributed by atoms with E-state index in [-0.39, 0.29) is 17.7 Å². The van der Waals surface area contributed by atoms with E-state index in [0.29, 0.717) is 12.1 Å². The van der Waals surface area contributed by atoms with E-state index in [0.717, 1.165) is 39.0 Å². The maximum absolute atomic E-state index is 9.67. The largest absolute Gasteiger partial charge is 0.394 e. The van der Waals surface area contributed by atoms with Crippen molar-refractivity contribution in [3.05, 3.63) is 0 Å². The fourth-order valence-corrected chi connectivity index (χ4v) is 3.25. The molecule has 1 saturated heterocycles. The molecule has 126 valence electrons. The van der Waals surface area contributed by atoms with Gasteiger partial charge < -0.3 is 26.4 Å². The van der Waals surface area contributed by atoms with Crippen LogP contribution in [0.15, 0.2) is 0 Å². The van der Waals surface area contributed by atoms with Gasteiger partial charge in [-0.15, -0.1) is 0 Å². The monoisotopic (exact) mass is 300 g/mol. The van der Waals surface area contributed by atoms with Gasteiger partial charge in [-0.1, -0.05) is 0 Å². The minimum absolute atomic E-state index is 0.147. The van der Waals surface area contributed by atoms with Crippen LogP contribution in [0.3, 0.4) is 0 Å². The summed E-state index contributed by atoms with van der Waals surface area (Å²) in [7, 11) is 0. The first kappa shape index (κ1) is 18.8. The molecule has 0 saturated carbocycles. The van der Waals surface area contributed by atoms with Gasteiger partial charge in [-0.3, -0.25) is 0 Å². The second kappa shape index (κ2) is 8.44. The van der Waals surface area contributed by atoms with Crippen LogP contribution in [0.5, 0.6) is 0 Å². The van der Waals surface area contributed by atoms with E-state index in [4.69, 9.17) is 0 Å². The molecule has 0 aromatic rings. The molecule has 0 aliphatic carbocycles. The molecule has 3 unspecified atom stereocenters. The molecule has 0 aromatic carbocycles. The number of rotatable bonds is 1. The molecule has 5 heteroatoms. The summed E-state index contributed by atoms with van der Waals surface area (Å²) in [4.78, 5) is 0. The normalized spacial score (nSPS) is 36.9. The molecule has 0 aromatic heterocycles. The first-order chi connectivity index (χ1) is 9.76. The predicted octanol–water partition coefficient (Wildman–Crippen LogP) is 0.445. The summed E-state index contributed by atoms with van der Waals surface area (Å²) in [5, 5.41) is 23.9. The Hall–Kier alpha value is -0.200. The van der Waals surface area contributed by atoms with Gasteiger partial charge in [0.2, 0.25) is 0 Å². The van der Waals surface area contributed by atoms with Crippen molar-refractivity contribution in [2.24, 2.45) is 0 Å². The van der Waals surface area contributed by atoms with Crippen LogP contribution in [0, 0.1) is 0 Å². The molecule has 5 nitrogen and oxygen atoms in total. The average Bonchev–Trinajstić information content (AvgIpc) is 2.38. The SMILES string of the molecule is CC1CC(C)(C)NCCNC(C)CC(C)(CO)NCCN1. The Labute approximate surface area is 130 Å². The van der Waals surface area contributed by atoms with E-state index in [2.05, 4.69) is 55.9 Å². The fourth-order valence-electron chi connectivity index (χ4n) is 3.25. The number of aliphatic hydroxyl groups is 1. The Bertz CT molecular complexity index is 298. The van der Waals surface area contributed by atoms with Crippen molar-refractivity contribution >= 4 is 0 Å². The molecule has 0 spiro atoms. The number of nitrogens with one attached hydrogen (secondary N) is 4. The molecule has 1 heterocycles. The topological polar surface area (TPSA) is 68.3 Å². The highest BCUT2D eigenvalue weighted by atomic mass is 16.3. The third-order valence-electron chi connectivity index (χ3n) is 4.31. The van der Waals surface area contributed by atoms with Crippen molar-refractivity contribution < 1.29 is 5.11 Å². The van der Waals surface area contributed by atoms with Crippen molar-refractivity contribution in [1.82, 2.24) is 21.3 Å². The van der Waals surface area contributed by atoms with Crippen LogP contribution in [-0.4, -0.2) is 61.1 Å². The predicted molar refractivity (Wildman–Crippen MR) is 89.7 cm³/mol. The summed E-state index contributed by atoms with van der Waals surface area (Å²) in [5.41, 5.74) is -0.0668. The summed E-state index contributed by atoms with van der Waals surface area (Å²) in [5.74, 6) is 0. The zero-order valence-corrected chi connectivity index (χ0v) is 14.6. The Kier molecular flexibility index (Phi) is 7.57. The zero-order chi connectivity index (χ0) is 15.9. The van der Waals surface area contributed by atoms with Gasteiger partial charge in [0.25, 0.3) is 0 Å². The van der Waals surface area contributed by atoms with E-state index < -0.39 is 0 Å². The maximum atomic E-state index is 9.67. The van der Waals surface area contributed by atoms with E-state index in [1.54, 1.807) is 0 Å². The highest BCUT2D eigenvalue weighted by Crippen LogP contribution is 2.13. The van der Waals surface area contributed by atoms with E-state index in [1.165, 1.54) is 0 Å². The lowest BCUT2D eigenvalue weighted by Gasteiger charge is -2.34. The molecule has 3 atom stereocenters. The minimum Gasteiger partial charge on any atom is -0.394 e. The summed E-state index contributed by atoms with van der Waals surface area (Å²) < 4.78 is 0. The van der Waals surface area contributed by atoms with Crippen molar-refractivity contribution in [2.45, 2.75) is 70.6 Å². The van der Waals surface area contributed by atoms with Crippen LogP contribution in [0.25, 0.3) is 0 Å². The lowest BCUT2D eigenvalue weighted by atomic mass is 9.94. The van der Waals surface area contributed by atoms with E-state index in [1.807, 2.05) is 0 Å². The number of hydrogen-bond acceptors (Lipinski definition) is 5. The molecule has 0 radical (unpaired) electrons. The Morgan fingerprint density at radius 1 is 0.857 bits per heavy atom. The van der Waals surface area contributed by atoms with Gasteiger partial charge >= 0.3 is 0 Å². The maximum Gasteiger partial charge on any atom is 0.0611 e. The lowest BCUT2D eigenvalue weighted by Crippen LogP contribution is -2.54. The van der Waals surface area contributed by atoms with Crippen LogP contribution in [0.4, 0.5) is 0 Å². The zero-order valence-electron chi connectivity index (χ0n) is 14.6.